The van der Waals surface area contributed by atoms with Crippen molar-refractivity contribution in [1.82, 2.24) is 10.6 Å². The van der Waals surface area contributed by atoms with Crippen molar-refractivity contribution in [2.75, 3.05) is 13.8 Å². The number of aryl methyl sites for hydroxylation is 1. The molecule has 6 heteroatoms. The number of rotatable bonds is 4. The van der Waals surface area contributed by atoms with E-state index < -0.39 is 0 Å². The summed E-state index contributed by atoms with van der Waals surface area (Å²) in [6.45, 7) is 3.80. The molecule has 1 aliphatic heterocycles. The number of hydrogen-bond acceptors (Lipinski definition) is 3. The van der Waals surface area contributed by atoms with Gasteiger partial charge in [-0.2, -0.15) is 0 Å². The van der Waals surface area contributed by atoms with Gasteiger partial charge in [-0.05, 0) is 30.2 Å². The zero-order chi connectivity index (χ0) is 16.1. The third-order valence-corrected chi connectivity index (χ3v) is 3.66. The molecule has 0 atom stereocenters. The quantitative estimate of drug-likeness (QED) is 0.437. The highest BCUT2D eigenvalue weighted by Gasteiger charge is 2.13. The third-order valence-electron chi connectivity index (χ3n) is 3.66. The van der Waals surface area contributed by atoms with Crippen LogP contribution in [0, 0.1) is 6.92 Å². The van der Waals surface area contributed by atoms with Gasteiger partial charge in [0.1, 0.15) is 0 Å². The Morgan fingerprint density at radius 2 is 1.71 bits per heavy atom. The van der Waals surface area contributed by atoms with E-state index in [1.165, 1.54) is 11.1 Å². The van der Waals surface area contributed by atoms with E-state index in [0.717, 1.165) is 29.6 Å². The van der Waals surface area contributed by atoms with Crippen LogP contribution in [0.5, 0.6) is 11.5 Å². The molecule has 1 heterocycles. The summed E-state index contributed by atoms with van der Waals surface area (Å²) in [4.78, 5) is 4.25. The van der Waals surface area contributed by atoms with E-state index in [0.29, 0.717) is 13.3 Å². The lowest BCUT2D eigenvalue weighted by Gasteiger charge is -2.12. The fraction of sp³-hybridized carbons (Fsp3) is 0.278. The first-order valence-electron chi connectivity index (χ1n) is 7.63. The summed E-state index contributed by atoms with van der Waals surface area (Å²) >= 11 is 0. The maximum atomic E-state index is 5.39. The lowest BCUT2D eigenvalue weighted by atomic mass is 10.1. The first kappa shape index (κ1) is 18.4. The lowest BCUT2D eigenvalue weighted by molar-refractivity contribution is 0.174. The second-order valence-corrected chi connectivity index (χ2v) is 5.46. The third kappa shape index (κ3) is 4.77. The molecule has 2 N–H and O–H groups in total. The van der Waals surface area contributed by atoms with Gasteiger partial charge in [-0.3, -0.25) is 4.99 Å². The monoisotopic (exact) mass is 439 g/mol. The van der Waals surface area contributed by atoms with Crippen LogP contribution in [0.15, 0.2) is 47.5 Å². The Hall–Kier alpha value is -1.96. The number of guanidine groups is 1. The molecule has 0 unspecified atom stereocenters. The maximum Gasteiger partial charge on any atom is 0.231 e. The van der Waals surface area contributed by atoms with Gasteiger partial charge in [0.25, 0.3) is 0 Å². The van der Waals surface area contributed by atoms with Gasteiger partial charge in [0.15, 0.2) is 17.5 Å². The number of ether oxygens (including phenoxy) is 2. The molecule has 0 amide bonds. The molecular formula is C18H22IN3O2. The molecule has 2 aromatic rings. The minimum atomic E-state index is 0. The van der Waals surface area contributed by atoms with Crippen molar-refractivity contribution in [3.63, 3.8) is 0 Å². The first-order chi connectivity index (χ1) is 11.2. The summed E-state index contributed by atoms with van der Waals surface area (Å²) in [6, 6.07) is 14.4. The number of halogens is 1. The molecule has 0 saturated carbocycles. The SMILES string of the molecule is CN=C(NCc1cccc(C)c1)NCc1ccc2c(c1)OCO2.I. The van der Waals surface area contributed by atoms with E-state index in [1.54, 1.807) is 7.05 Å². The zero-order valence-electron chi connectivity index (χ0n) is 13.8. The molecule has 0 saturated heterocycles. The number of benzene rings is 2. The van der Waals surface area contributed by atoms with Crippen LogP contribution >= 0.6 is 24.0 Å². The summed E-state index contributed by atoms with van der Waals surface area (Å²) in [5, 5.41) is 6.62. The Bertz CT molecular complexity index is 719. The average molecular weight is 439 g/mol. The summed E-state index contributed by atoms with van der Waals surface area (Å²) in [5.74, 6) is 2.37. The van der Waals surface area contributed by atoms with Gasteiger partial charge in [-0.25, -0.2) is 0 Å². The smallest absolute Gasteiger partial charge is 0.231 e. The number of fused-ring (bicyclic) bond motifs is 1. The van der Waals surface area contributed by atoms with Crippen molar-refractivity contribution in [3.05, 3.63) is 59.2 Å². The van der Waals surface area contributed by atoms with Crippen molar-refractivity contribution in [2.45, 2.75) is 20.0 Å². The summed E-state index contributed by atoms with van der Waals surface area (Å²) < 4.78 is 10.7. The lowest BCUT2D eigenvalue weighted by Crippen LogP contribution is -2.36. The second kappa shape index (κ2) is 8.77. The molecule has 128 valence electrons. The minimum Gasteiger partial charge on any atom is -0.454 e. The highest BCUT2D eigenvalue weighted by Crippen LogP contribution is 2.32. The van der Waals surface area contributed by atoms with Crippen LogP contribution in [0.25, 0.3) is 0 Å². The van der Waals surface area contributed by atoms with Crippen LogP contribution < -0.4 is 20.1 Å². The highest BCUT2D eigenvalue weighted by atomic mass is 127. The van der Waals surface area contributed by atoms with Gasteiger partial charge < -0.3 is 20.1 Å². The van der Waals surface area contributed by atoms with Crippen molar-refractivity contribution >= 4 is 29.9 Å². The van der Waals surface area contributed by atoms with E-state index in [4.69, 9.17) is 9.47 Å². The van der Waals surface area contributed by atoms with Crippen molar-refractivity contribution in [1.29, 1.82) is 0 Å². The normalized spacial score (nSPS) is 12.5. The van der Waals surface area contributed by atoms with Gasteiger partial charge in [-0.1, -0.05) is 35.9 Å². The maximum absolute atomic E-state index is 5.39. The number of nitrogens with zero attached hydrogens (tertiary/aromatic N) is 1. The number of aliphatic imine (C=N–C) groups is 1. The Morgan fingerprint density at radius 3 is 2.42 bits per heavy atom. The van der Waals surface area contributed by atoms with E-state index in [2.05, 4.69) is 46.8 Å². The van der Waals surface area contributed by atoms with Crippen LogP contribution in [-0.2, 0) is 13.1 Å². The molecule has 5 nitrogen and oxygen atoms in total. The van der Waals surface area contributed by atoms with Crippen molar-refractivity contribution in [2.24, 2.45) is 4.99 Å². The van der Waals surface area contributed by atoms with Crippen molar-refractivity contribution < 1.29 is 9.47 Å². The van der Waals surface area contributed by atoms with Gasteiger partial charge in [-0.15, -0.1) is 24.0 Å². The van der Waals surface area contributed by atoms with Gasteiger partial charge in [0.2, 0.25) is 6.79 Å². The molecular weight excluding hydrogens is 417 g/mol. The zero-order valence-corrected chi connectivity index (χ0v) is 16.2. The van der Waals surface area contributed by atoms with Crippen LogP contribution in [0.1, 0.15) is 16.7 Å². The summed E-state index contributed by atoms with van der Waals surface area (Å²) in [6.07, 6.45) is 0. The average Bonchev–Trinajstić information content (AvgIpc) is 3.03. The Morgan fingerprint density at radius 1 is 1.00 bits per heavy atom. The number of nitrogens with one attached hydrogen (secondary N) is 2. The van der Waals surface area contributed by atoms with Gasteiger partial charge >= 0.3 is 0 Å². The van der Waals surface area contributed by atoms with Crippen molar-refractivity contribution in [3.8, 4) is 11.5 Å². The minimum absolute atomic E-state index is 0. The molecule has 0 bridgehead atoms. The predicted octanol–water partition coefficient (Wildman–Crippen LogP) is 3.21. The first-order valence-corrected chi connectivity index (χ1v) is 7.63. The van der Waals surface area contributed by atoms with Crippen LogP contribution in [0.2, 0.25) is 0 Å². The van der Waals surface area contributed by atoms with Gasteiger partial charge in [0.05, 0.1) is 0 Å². The molecule has 0 spiro atoms. The van der Waals surface area contributed by atoms with Crippen LogP contribution in [0.3, 0.4) is 0 Å². The molecule has 0 radical (unpaired) electrons. The Balaban J connectivity index is 0.00000208. The molecule has 0 aliphatic carbocycles. The largest absolute Gasteiger partial charge is 0.454 e. The van der Waals surface area contributed by atoms with Crippen LogP contribution in [-0.4, -0.2) is 19.8 Å². The van der Waals surface area contributed by atoms with E-state index >= 15 is 0 Å². The van der Waals surface area contributed by atoms with Crippen LogP contribution in [0.4, 0.5) is 0 Å². The standard InChI is InChI=1S/C18H21N3O2.HI/c1-13-4-3-5-14(8-13)10-20-18(19-2)21-11-15-6-7-16-17(9-15)23-12-22-16;/h3-9H,10-12H2,1-2H3,(H2,19,20,21);1H. The summed E-state index contributed by atoms with van der Waals surface area (Å²) in [7, 11) is 1.77. The topological polar surface area (TPSA) is 54.9 Å². The molecule has 0 aromatic heterocycles. The predicted molar refractivity (Wildman–Crippen MR) is 106 cm³/mol. The van der Waals surface area contributed by atoms with E-state index in [9.17, 15) is 0 Å². The molecule has 1 aliphatic rings. The van der Waals surface area contributed by atoms with Gasteiger partial charge in [0, 0.05) is 20.1 Å². The molecule has 24 heavy (non-hydrogen) atoms. The van der Waals surface area contributed by atoms with E-state index in [1.807, 2.05) is 18.2 Å². The van der Waals surface area contributed by atoms with E-state index in [-0.39, 0.29) is 24.0 Å². The Labute approximate surface area is 159 Å². The summed E-state index contributed by atoms with van der Waals surface area (Å²) in [5.41, 5.74) is 3.61. The number of hydrogen-bond donors (Lipinski definition) is 2. The Kier molecular flexibility index (Phi) is 6.72. The molecule has 3 rings (SSSR count). The fourth-order valence-corrected chi connectivity index (χ4v) is 2.47. The second-order valence-electron chi connectivity index (χ2n) is 5.46. The fourth-order valence-electron chi connectivity index (χ4n) is 2.47. The highest BCUT2D eigenvalue weighted by molar-refractivity contribution is 14.0. The molecule has 0 fully saturated rings. The molecule has 2 aromatic carbocycles.